The van der Waals surface area contributed by atoms with Gasteiger partial charge in [0.2, 0.25) is 0 Å². The molecule has 0 fully saturated rings. The van der Waals surface area contributed by atoms with Crippen molar-refractivity contribution in [3.05, 3.63) is 12.2 Å². The second kappa shape index (κ2) is 10.6. The highest BCUT2D eigenvalue weighted by Crippen LogP contribution is 2.23. The first-order valence-electron chi connectivity index (χ1n) is 8.63. The fourth-order valence-electron chi connectivity index (χ4n) is 2.54. The van der Waals surface area contributed by atoms with Crippen LogP contribution in [0, 0.1) is 0 Å². The largest absolute Gasteiger partial charge is 0.365 e. The molecule has 0 bridgehead atoms. The lowest BCUT2D eigenvalue weighted by Gasteiger charge is -2.16. The Morgan fingerprint density at radius 2 is 2.00 bits per heavy atom. The molecular formula is C17H20N5O4PS2. The molecule has 0 aromatic carbocycles. The molecule has 2 rings (SSSR count). The standard InChI is InChI=1S/C17H20N5O4PS2/c1-9(26-8-27-25)4-22-7-18-14-16(19-13(6-29)11(3)24)20-15(21-17(14)22)12(5-28)10(2)23/h5-7,9,12-13H,4,8H2,1-3H3,(H,19,20,21)/t9-,12?,13?/m1/s1. The SMILES string of the molecule is CC(=O)C(C=S)Nc1nc(C(C=S)C(C)=O)nc2c1ncn2C[C@@H](C)OCP=O. The zero-order chi connectivity index (χ0) is 21.6. The molecule has 0 radical (unpaired) electrons. The number of carbonyl (C=O) groups excluding carboxylic acids is 2. The molecule has 29 heavy (non-hydrogen) atoms. The summed E-state index contributed by atoms with van der Waals surface area (Å²) in [7, 11) is -0.103. The Morgan fingerprint density at radius 1 is 1.28 bits per heavy atom. The third-order valence-corrected chi connectivity index (χ3v) is 4.86. The summed E-state index contributed by atoms with van der Waals surface area (Å²) in [5.74, 6) is -0.707. The molecular weight excluding hydrogens is 433 g/mol. The number of aromatic nitrogens is 4. The highest BCUT2D eigenvalue weighted by molar-refractivity contribution is 7.79. The molecule has 154 valence electrons. The minimum atomic E-state index is -0.783. The number of nitrogens with zero attached hydrogens (tertiary/aromatic N) is 4. The van der Waals surface area contributed by atoms with Gasteiger partial charge in [0, 0.05) is 5.37 Å². The van der Waals surface area contributed by atoms with Crippen LogP contribution < -0.4 is 5.32 Å². The Labute approximate surface area is 179 Å². The molecule has 0 saturated heterocycles. The van der Waals surface area contributed by atoms with E-state index < -0.39 is 12.0 Å². The van der Waals surface area contributed by atoms with Gasteiger partial charge in [0.15, 0.2) is 25.7 Å². The molecule has 0 spiro atoms. The second-order valence-electron chi connectivity index (χ2n) is 6.33. The number of hydrogen-bond donors (Lipinski definition) is 1. The first-order chi connectivity index (χ1) is 13.8. The van der Waals surface area contributed by atoms with Crippen molar-refractivity contribution < 1.29 is 18.9 Å². The third kappa shape index (κ3) is 5.72. The predicted molar refractivity (Wildman–Crippen MR) is 117 cm³/mol. The van der Waals surface area contributed by atoms with E-state index in [4.69, 9.17) is 29.2 Å². The van der Waals surface area contributed by atoms with Gasteiger partial charge in [-0.2, -0.15) is 0 Å². The van der Waals surface area contributed by atoms with Gasteiger partial charge in [0.25, 0.3) is 0 Å². The number of hydrogen-bond acceptors (Lipinski definition) is 10. The Kier molecular flexibility index (Phi) is 8.51. The van der Waals surface area contributed by atoms with Gasteiger partial charge in [0.05, 0.1) is 19.0 Å². The summed E-state index contributed by atoms with van der Waals surface area (Å²) in [5, 5.41) is 5.56. The lowest BCUT2D eigenvalue weighted by Crippen LogP contribution is -2.29. The number of rotatable bonds is 12. The molecule has 2 heterocycles. The fourth-order valence-corrected chi connectivity index (χ4v) is 3.43. The van der Waals surface area contributed by atoms with Crippen LogP contribution in [0.15, 0.2) is 6.33 Å². The van der Waals surface area contributed by atoms with Crippen LogP contribution in [0.25, 0.3) is 11.2 Å². The van der Waals surface area contributed by atoms with Crippen LogP contribution in [0.3, 0.4) is 0 Å². The molecule has 2 aromatic heterocycles. The summed E-state index contributed by atoms with van der Waals surface area (Å²) in [6.07, 6.45) is 1.38. The average Bonchev–Trinajstić information content (AvgIpc) is 3.07. The minimum absolute atomic E-state index is 0.0765. The first kappa shape index (κ1) is 23.2. The van der Waals surface area contributed by atoms with Gasteiger partial charge in [-0.15, -0.1) is 0 Å². The quantitative estimate of drug-likeness (QED) is 0.379. The normalized spacial score (nSPS) is 14.3. The van der Waals surface area contributed by atoms with Crippen molar-refractivity contribution in [2.75, 3.05) is 11.7 Å². The van der Waals surface area contributed by atoms with Gasteiger partial charge in [0.1, 0.15) is 35.4 Å². The van der Waals surface area contributed by atoms with Crippen molar-refractivity contribution in [3.63, 3.8) is 0 Å². The van der Waals surface area contributed by atoms with E-state index in [-0.39, 0.29) is 44.1 Å². The number of carbonyl (C=O) groups is 2. The van der Waals surface area contributed by atoms with Crippen LogP contribution in [0.2, 0.25) is 0 Å². The summed E-state index contributed by atoms with van der Waals surface area (Å²) < 4.78 is 17.8. The van der Waals surface area contributed by atoms with Crippen molar-refractivity contribution >= 4 is 72.2 Å². The van der Waals surface area contributed by atoms with Gasteiger partial charge in [-0.3, -0.25) is 14.2 Å². The molecule has 0 aliphatic carbocycles. The van der Waals surface area contributed by atoms with Gasteiger partial charge in [-0.05, 0) is 26.1 Å². The number of imidazole rings is 1. The van der Waals surface area contributed by atoms with Crippen LogP contribution in [0.4, 0.5) is 5.82 Å². The second-order valence-corrected chi connectivity index (χ2v) is 7.39. The lowest BCUT2D eigenvalue weighted by atomic mass is 10.1. The average molecular weight is 453 g/mol. The minimum Gasteiger partial charge on any atom is -0.365 e. The topological polar surface area (TPSA) is 116 Å². The molecule has 1 N–H and O–H groups in total. The molecule has 0 aliphatic heterocycles. The Bertz CT molecular complexity index is 951. The Balaban J connectivity index is 2.56. The third-order valence-electron chi connectivity index (χ3n) is 4.07. The van der Waals surface area contributed by atoms with Crippen molar-refractivity contribution in [1.82, 2.24) is 19.5 Å². The summed E-state index contributed by atoms with van der Waals surface area (Å²) in [5.41, 5.74) is 0.861. The van der Waals surface area contributed by atoms with Crippen molar-refractivity contribution in [3.8, 4) is 0 Å². The van der Waals surface area contributed by atoms with E-state index in [0.717, 1.165) is 0 Å². The maximum absolute atomic E-state index is 12.0. The summed E-state index contributed by atoms with van der Waals surface area (Å²) in [6.45, 7) is 5.01. The number of ether oxygens (including phenoxy) is 1. The lowest BCUT2D eigenvalue weighted by molar-refractivity contribution is -0.117. The molecule has 0 amide bonds. The summed E-state index contributed by atoms with van der Waals surface area (Å²) >= 11 is 9.91. The maximum Gasteiger partial charge on any atom is 0.183 e. The molecule has 9 nitrogen and oxygen atoms in total. The Hall–Kier alpha value is -2.07. The zero-order valence-corrected chi connectivity index (χ0v) is 18.6. The number of Topliss-reactive ketones (excluding diaryl/α,β-unsaturated/α-hetero) is 2. The van der Waals surface area contributed by atoms with Gasteiger partial charge < -0.3 is 14.6 Å². The van der Waals surface area contributed by atoms with Gasteiger partial charge in [-0.1, -0.05) is 24.4 Å². The van der Waals surface area contributed by atoms with E-state index in [2.05, 4.69) is 20.3 Å². The molecule has 2 unspecified atom stereocenters. The number of nitrogens with one attached hydrogen (secondary N) is 1. The van der Waals surface area contributed by atoms with Crippen LogP contribution in [-0.2, 0) is 25.4 Å². The number of thiocarbonyl (C=S) groups is 2. The highest BCUT2D eigenvalue weighted by Gasteiger charge is 2.23. The number of fused-ring (bicyclic) bond motifs is 1. The predicted octanol–water partition coefficient (Wildman–Crippen LogP) is 2.52. The number of anilines is 1. The van der Waals surface area contributed by atoms with E-state index in [0.29, 0.717) is 17.7 Å². The molecule has 0 saturated carbocycles. The fraction of sp³-hybridized carbons (Fsp3) is 0.471. The molecule has 12 heteroatoms. The van der Waals surface area contributed by atoms with E-state index in [1.807, 2.05) is 6.92 Å². The summed E-state index contributed by atoms with van der Waals surface area (Å²) in [6, 6.07) is -0.748. The van der Waals surface area contributed by atoms with Crippen molar-refractivity contribution in [2.45, 2.75) is 45.4 Å². The Morgan fingerprint density at radius 3 is 2.55 bits per heavy atom. The highest BCUT2D eigenvalue weighted by atomic mass is 32.1. The van der Waals surface area contributed by atoms with E-state index in [1.165, 1.54) is 24.6 Å². The van der Waals surface area contributed by atoms with Crippen LogP contribution in [-0.4, -0.2) is 60.3 Å². The van der Waals surface area contributed by atoms with Crippen LogP contribution >= 0.6 is 32.9 Å². The smallest absolute Gasteiger partial charge is 0.183 e. The number of ketones is 2. The first-order valence-corrected chi connectivity index (χ1v) is 10.6. The van der Waals surface area contributed by atoms with Gasteiger partial charge >= 0.3 is 0 Å². The van der Waals surface area contributed by atoms with E-state index in [9.17, 15) is 14.2 Å². The van der Waals surface area contributed by atoms with Crippen LogP contribution in [0.1, 0.15) is 32.5 Å². The zero-order valence-electron chi connectivity index (χ0n) is 16.1. The van der Waals surface area contributed by atoms with Crippen molar-refractivity contribution in [2.24, 2.45) is 0 Å². The maximum atomic E-state index is 12.0. The molecule has 3 atom stereocenters. The van der Waals surface area contributed by atoms with Crippen molar-refractivity contribution in [1.29, 1.82) is 0 Å². The van der Waals surface area contributed by atoms with Gasteiger partial charge in [-0.25, -0.2) is 15.0 Å². The van der Waals surface area contributed by atoms with Crippen LogP contribution in [0.5, 0.6) is 0 Å². The monoisotopic (exact) mass is 453 g/mol. The summed E-state index contributed by atoms with van der Waals surface area (Å²) in [4.78, 5) is 37.0. The van der Waals surface area contributed by atoms with E-state index >= 15 is 0 Å². The molecule has 0 aliphatic rings. The molecule has 2 aromatic rings. The van der Waals surface area contributed by atoms with E-state index in [1.54, 1.807) is 10.9 Å².